The molecule has 0 aromatic carbocycles. The van der Waals surface area contributed by atoms with Crippen LogP contribution in [0.1, 0.15) is 24.2 Å². The Labute approximate surface area is 93.3 Å². The lowest BCUT2D eigenvalue weighted by atomic mass is 10.2. The van der Waals surface area contributed by atoms with Gasteiger partial charge in [-0.05, 0) is 32.0 Å². The second kappa shape index (κ2) is 4.26. The molecule has 0 bridgehead atoms. The molecule has 2 heterocycles. The lowest BCUT2D eigenvalue weighted by Gasteiger charge is -2.07. The molecule has 0 atom stereocenters. The molecular weight excluding hydrogens is 204 g/mol. The van der Waals surface area contributed by atoms with Crippen LogP contribution in [-0.2, 0) is 4.74 Å². The normalized spacial score (nSPS) is 10.7. The number of nitrogens with zero attached hydrogens (tertiary/aromatic N) is 2. The number of ether oxygens (including phenoxy) is 1. The van der Waals surface area contributed by atoms with Crippen LogP contribution < -0.4 is 0 Å². The van der Waals surface area contributed by atoms with E-state index in [1.807, 2.05) is 26.0 Å². The maximum absolute atomic E-state index is 11.6. The lowest BCUT2D eigenvalue weighted by molar-refractivity contribution is 0.0377. The second-order valence-electron chi connectivity index (χ2n) is 3.73. The number of carbonyl (C=O) groups is 1. The van der Waals surface area contributed by atoms with Crippen LogP contribution in [0, 0.1) is 0 Å². The highest BCUT2D eigenvalue weighted by atomic mass is 16.5. The molecule has 0 aliphatic carbocycles. The van der Waals surface area contributed by atoms with E-state index in [9.17, 15) is 4.79 Å². The molecule has 82 valence electrons. The van der Waals surface area contributed by atoms with Gasteiger partial charge < -0.3 is 4.74 Å². The number of hydrogen-bond donors (Lipinski definition) is 0. The third-order valence-electron chi connectivity index (χ3n) is 2.03. The van der Waals surface area contributed by atoms with Gasteiger partial charge in [-0.1, -0.05) is 0 Å². The fourth-order valence-corrected chi connectivity index (χ4v) is 1.36. The first kappa shape index (κ1) is 10.5. The monoisotopic (exact) mass is 216 g/mol. The molecule has 0 aliphatic heterocycles. The number of esters is 1. The number of carbonyl (C=O) groups excluding carboxylic acids is 1. The Morgan fingerprint density at radius 1 is 1.38 bits per heavy atom. The fourth-order valence-electron chi connectivity index (χ4n) is 1.36. The highest BCUT2D eigenvalue weighted by Crippen LogP contribution is 2.11. The van der Waals surface area contributed by atoms with Crippen LogP contribution in [0.4, 0.5) is 0 Å². The molecule has 0 spiro atoms. The zero-order valence-electron chi connectivity index (χ0n) is 9.18. The number of aromatic nitrogens is 2. The Balaban J connectivity index is 2.35. The molecule has 0 unspecified atom stereocenters. The van der Waals surface area contributed by atoms with Crippen LogP contribution in [0.25, 0.3) is 11.0 Å². The summed E-state index contributed by atoms with van der Waals surface area (Å²) in [5, 5.41) is 0.834. The minimum absolute atomic E-state index is 0.128. The van der Waals surface area contributed by atoms with Gasteiger partial charge in [0.15, 0.2) is 5.65 Å². The van der Waals surface area contributed by atoms with Crippen molar-refractivity contribution in [3.63, 3.8) is 0 Å². The van der Waals surface area contributed by atoms with Crippen LogP contribution in [-0.4, -0.2) is 22.0 Å². The summed E-state index contributed by atoms with van der Waals surface area (Å²) >= 11 is 0. The summed E-state index contributed by atoms with van der Waals surface area (Å²) in [7, 11) is 0. The fraction of sp³-hybridized carbons (Fsp3) is 0.250. The summed E-state index contributed by atoms with van der Waals surface area (Å²) in [6, 6.07) is 5.41. The molecular formula is C12H12N2O2. The van der Waals surface area contributed by atoms with E-state index < -0.39 is 0 Å². The molecule has 2 aromatic rings. The van der Waals surface area contributed by atoms with Crippen molar-refractivity contribution in [3.8, 4) is 0 Å². The van der Waals surface area contributed by atoms with E-state index in [0.29, 0.717) is 11.2 Å². The van der Waals surface area contributed by atoms with E-state index in [1.165, 1.54) is 6.20 Å². The van der Waals surface area contributed by atoms with E-state index in [1.54, 1.807) is 12.3 Å². The summed E-state index contributed by atoms with van der Waals surface area (Å²) in [6.07, 6.45) is 3.03. The van der Waals surface area contributed by atoms with Crippen molar-refractivity contribution in [1.29, 1.82) is 0 Å². The van der Waals surface area contributed by atoms with Gasteiger partial charge >= 0.3 is 5.97 Å². The van der Waals surface area contributed by atoms with E-state index >= 15 is 0 Å². The Morgan fingerprint density at radius 2 is 2.19 bits per heavy atom. The van der Waals surface area contributed by atoms with Gasteiger partial charge in [0.2, 0.25) is 0 Å². The third-order valence-corrected chi connectivity index (χ3v) is 2.03. The molecule has 16 heavy (non-hydrogen) atoms. The second-order valence-corrected chi connectivity index (χ2v) is 3.73. The van der Waals surface area contributed by atoms with Crippen molar-refractivity contribution in [2.45, 2.75) is 20.0 Å². The summed E-state index contributed by atoms with van der Waals surface area (Å²) < 4.78 is 5.09. The molecule has 4 nitrogen and oxygen atoms in total. The summed E-state index contributed by atoms with van der Waals surface area (Å²) in [6.45, 7) is 3.63. The zero-order chi connectivity index (χ0) is 11.5. The van der Waals surface area contributed by atoms with Crippen LogP contribution in [0.5, 0.6) is 0 Å². The standard InChI is InChI=1S/C12H12N2O2/c1-8(2)16-12(15)10-6-9-4-3-5-13-11(9)14-7-10/h3-8H,1-2H3. The SMILES string of the molecule is CC(C)OC(=O)c1cnc2ncccc2c1. The molecule has 2 aromatic heterocycles. The van der Waals surface area contributed by atoms with Crippen molar-refractivity contribution in [3.05, 3.63) is 36.2 Å². The number of hydrogen-bond acceptors (Lipinski definition) is 4. The minimum atomic E-state index is -0.353. The maximum atomic E-state index is 11.6. The maximum Gasteiger partial charge on any atom is 0.339 e. The first-order valence-electron chi connectivity index (χ1n) is 5.08. The predicted octanol–water partition coefficient (Wildman–Crippen LogP) is 2.20. The van der Waals surface area contributed by atoms with Crippen molar-refractivity contribution in [2.24, 2.45) is 0 Å². The average Bonchev–Trinajstić information content (AvgIpc) is 2.27. The highest BCUT2D eigenvalue weighted by Gasteiger charge is 2.10. The minimum Gasteiger partial charge on any atom is -0.459 e. The van der Waals surface area contributed by atoms with E-state index in [0.717, 1.165) is 5.39 Å². The van der Waals surface area contributed by atoms with Crippen LogP contribution in [0.2, 0.25) is 0 Å². The summed E-state index contributed by atoms with van der Waals surface area (Å²) in [4.78, 5) is 19.8. The Kier molecular flexibility index (Phi) is 2.81. The van der Waals surface area contributed by atoms with Gasteiger partial charge in [0.1, 0.15) is 0 Å². The lowest BCUT2D eigenvalue weighted by Crippen LogP contribution is -2.11. The predicted molar refractivity (Wildman–Crippen MR) is 60.1 cm³/mol. The molecule has 0 saturated heterocycles. The van der Waals surface area contributed by atoms with E-state index in [4.69, 9.17) is 4.74 Å². The average molecular weight is 216 g/mol. The Morgan fingerprint density at radius 3 is 2.94 bits per heavy atom. The Bertz CT molecular complexity index is 523. The molecule has 0 radical (unpaired) electrons. The van der Waals surface area contributed by atoms with Gasteiger partial charge in [-0.15, -0.1) is 0 Å². The summed E-state index contributed by atoms with van der Waals surface area (Å²) in [5.41, 5.74) is 1.08. The van der Waals surface area contributed by atoms with Crippen molar-refractivity contribution >= 4 is 17.0 Å². The number of pyridine rings is 2. The van der Waals surface area contributed by atoms with Gasteiger partial charge in [0, 0.05) is 17.8 Å². The smallest absolute Gasteiger partial charge is 0.339 e. The number of fused-ring (bicyclic) bond motifs is 1. The Hall–Kier alpha value is -1.97. The van der Waals surface area contributed by atoms with Crippen molar-refractivity contribution in [1.82, 2.24) is 9.97 Å². The van der Waals surface area contributed by atoms with Gasteiger partial charge in [0.05, 0.1) is 11.7 Å². The molecule has 0 saturated carbocycles. The molecule has 0 fully saturated rings. The van der Waals surface area contributed by atoms with Gasteiger partial charge in [-0.25, -0.2) is 14.8 Å². The van der Waals surface area contributed by atoms with Crippen LogP contribution >= 0.6 is 0 Å². The van der Waals surface area contributed by atoms with E-state index in [-0.39, 0.29) is 12.1 Å². The molecule has 0 amide bonds. The first-order valence-corrected chi connectivity index (χ1v) is 5.08. The van der Waals surface area contributed by atoms with Crippen molar-refractivity contribution in [2.75, 3.05) is 0 Å². The van der Waals surface area contributed by atoms with Crippen LogP contribution in [0.3, 0.4) is 0 Å². The summed E-state index contributed by atoms with van der Waals surface area (Å²) in [5.74, 6) is -0.353. The highest BCUT2D eigenvalue weighted by molar-refractivity contribution is 5.92. The van der Waals surface area contributed by atoms with Crippen molar-refractivity contribution < 1.29 is 9.53 Å². The molecule has 4 heteroatoms. The quantitative estimate of drug-likeness (QED) is 0.722. The molecule has 2 rings (SSSR count). The largest absolute Gasteiger partial charge is 0.459 e. The van der Waals surface area contributed by atoms with Gasteiger partial charge in [0.25, 0.3) is 0 Å². The third kappa shape index (κ3) is 2.16. The zero-order valence-corrected chi connectivity index (χ0v) is 9.18. The van der Waals surface area contributed by atoms with Gasteiger partial charge in [-0.3, -0.25) is 0 Å². The number of rotatable bonds is 2. The van der Waals surface area contributed by atoms with Gasteiger partial charge in [-0.2, -0.15) is 0 Å². The van der Waals surface area contributed by atoms with Crippen LogP contribution in [0.15, 0.2) is 30.6 Å². The topological polar surface area (TPSA) is 52.1 Å². The molecule has 0 N–H and O–H groups in total. The molecule has 0 aliphatic rings. The van der Waals surface area contributed by atoms with E-state index in [2.05, 4.69) is 9.97 Å². The first-order chi connectivity index (χ1) is 7.66.